The van der Waals surface area contributed by atoms with Crippen LogP contribution in [-0.2, 0) is 0 Å². The third kappa shape index (κ3) is 12.5. The molecule has 0 atom stereocenters. The van der Waals surface area contributed by atoms with Crippen LogP contribution in [0.25, 0.3) is 18.2 Å². The maximum Gasteiger partial charge on any atom is -0.0233 e. The Hall–Kier alpha value is -3.90. The first-order valence-corrected chi connectivity index (χ1v) is 11.1. The predicted octanol–water partition coefficient (Wildman–Crippen LogP) is 9.60. The Morgan fingerprint density at radius 2 is 1.00 bits per heavy atom. The summed E-state index contributed by atoms with van der Waals surface area (Å²) >= 11 is 0. The smallest absolute Gasteiger partial charge is 0.0233 e. The van der Waals surface area contributed by atoms with Gasteiger partial charge < -0.3 is 0 Å². The highest BCUT2D eigenvalue weighted by molar-refractivity contribution is 5.51. The molecule has 0 nitrogen and oxygen atoms in total. The van der Waals surface area contributed by atoms with E-state index in [9.17, 15) is 0 Å². The minimum Gasteiger partial charge on any atom is -0.0985 e. The topological polar surface area (TPSA) is 0 Å². The summed E-state index contributed by atoms with van der Waals surface area (Å²) in [5.41, 5.74) is 7.45. The minimum atomic E-state index is 1.18. The number of rotatable bonds is 3. The zero-order valence-corrected chi connectivity index (χ0v) is 20.2. The van der Waals surface area contributed by atoms with Crippen LogP contribution in [0.2, 0.25) is 0 Å². The fourth-order valence-electron chi connectivity index (χ4n) is 2.70. The average molecular weight is 433 g/mol. The Balaban J connectivity index is 0.000000222. The summed E-state index contributed by atoms with van der Waals surface area (Å²) < 4.78 is 0. The van der Waals surface area contributed by atoms with Crippen LogP contribution >= 0.6 is 0 Å². The van der Waals surface area contributed by atoms with E-state index in [2.05, 4.69) is 89.0 Å². The van der Waals surface area contributed by atoms with Crippen LogP contribution in [0.4, 0.5) is 0 Å². The Kier molecular flexibility index (Phi) is 13.8. The summed E-state index contributed by atoms with van der Waals surface area (Å²) in [4.78, 5) is 0. The van der Waals surface area contributed by atoms with E-state index in [-0.39, 0.29) is 0 Å². The van der Waals surface area contributed by atoms with Crippen LogP contribution < -0.4 is 0 Å². The molecule has 0 spiro atoms. The second-order valence-electron chi connectivity index (χ2n) is 7.45. The normalized spacial score (nSPS) is 8.82. The second kappa shape index (κ2) is 16.8. The van der Waals surface area contributed by atoms with Crippen molar-refractivity contribution in [1.82, 2.24) is 0 Å². The molecule has 0 bridgehead atoms. The third-order valence-electron chi connectivity index (χ3n) is 4.67. The zero-order chi connectivity index (χ0) is 24.3. The summed E-state index contributed by atoms with van der Waals surface area (Å²) in [5.74, 6) is 0. The molecule has 4 aromatic carbocycles. The molecule has 0 saturated carbocycles. The molecule has 0 N–H and O–H groups in total. The molecular weight excluding hydrogens is 396 g/mol. The highest BCUT2D eigenvalue weighted by Crippen LogP contribution is 2.07. The van der Waals surface area contributed by atoms with E-state index in [4.69, 9.17) is 0 Å². The van der Waals surface area contributed by atoms with Crippen molar-refractivity contribution in [3.05, 3.63) is 162 Å². The molecule has 4 rings (SSSR count). The molecule has 0 heteroatoms. The van der Waals surface area contributed by atoms with Crippen molar-refractivity contribution >= 4 is 18.2 Å². The van der Waals surface area contributed by atoms with Crippen LogP contribution in [-0.4, -0.2) is 0 Å². The standard InChI is InChI=1S/3C9H10.C6H6/c1-3-9-6-4-8(2)5-7-9;1-3-9-6-4-5-8(2)7-9;1-3-9-7-5-4-6-8(9)2;1-2-4-6-5-3-1/h3*3-7H,1H2,2H3;1-6H. The van der Waals surface area contributed by atoms with E-state index < -0.39 is 0 Å². The largest absolute Gasteiger partial charge is 0.0985 e. The molecule has 0 unspecified atom stereocenters. The number of aryl methyl sites for hydroxylation is 3. The van der Waals surface area contributed by atoms with Crippen molar-refractivity contribution in [2.75, 3.05) is 0 Å². The molecule has 0 aliphatic heterocycles. The van der Waals surface area contributed by atoms with Crippen molar-refractivity contribution in [1.29, 1.82) is 0 Å². The first-order valence-electron chi connectivity index (χ1n) is 11.1. The lowest BCUT2D eigenvalue weighted by Crippen LogP contribution is -1.75. The lowest BCUT2D eigenvalue weighted by Gasteiger charge is -1.95. The molecule has 0 radical (unpaired) electrons. The SMILES string of the molecule is C=Cc1ccc(C)cc1.C=Cc1cccc(C)c1.C=Cc1ccccc1C.c1ccccc1. The lowest BCUT2D eigenvalue weighted by atomic mass is 10.1. The molecule has 168 valence electrons. The second-order valence-corrected chi connectivity index (χ2v) is 7.45. The fourth-order valence-corrected chi connectivity index (χ4v) is 2.70. The Morgan fingerprint density at radius 1 is 0.455 bits per heavy atom. The first kappa shape index (κ1) is 27.1. The molecule has 0 aliphatic carbocycles. The van der Waals surface area contributed by atoms with Gasteiger partial charge in [-0.05, 0) is 43.0 Å². The summed E-state index contributed by atoms with van der Waals surface area (Å²) in [6, 6.07) is 36.7. The van der Waals surface area contributed by atoms with Gasteiger partial charge in [0, 0.05) is 0 Å². The number of benzene rings is 4. The predicted molar refractivity (Wildman–Crippen MR) is 150 cm³/mol. The van der Waals surface area contributed by atoms with E-state index in [0.29, 0.717) is 0 Å². The summed E-state index contributed by atoms with van der Waals surface area (Å²) in [6.07, 6.45) is 5.57. The molecule has 0 heterocycles. The Labute approximate surface area is 201 Å². The Morgan fingerprint density at radius 3 is 1.39 bits per heavy atom. The molecule has 0 saturated heterocycles. The van der Waals surface area contributed by atoms with E-state index in [1.807, 2.05) is 78.9 Å². The van der Waals surface area contributed by atoms with Crippen molar-refractivity contribution in [2.45, 2.75) is 20.8 Å². The highest BCUT2D eigenvalue weighted by Gasteiger charge is 1.87. The van der Waals surface area contributed by atoms with Crippen LogP contribution in [0.1, 0.15) is 33.4 Å². The fraction of sp³-hybridized carbons (Fsp3) is 0.0909. The quantitative estimate of drug-likeness (QED) is 0.302. The molecule has 0 fully saturated rings. The molecule has 33 heavy (non-hydrogen) atoms. The van der Waals surface area contributed by atoms with Gasteiger partial charge in [-0.15, -0.1) is 0 Å². The molecule has 0 aromatic heterocycles. The van der Waals surface area contributed by atoms with Gasteiger partial charge in [-0.3, -0.25) is 0 Å². The van der Waals surface area contributed by atoms with Gasteiger partial charge in [0.05, 0.1) is 0 Å². The molecular formula is C33H36. The van der Waals surface area contributed by atoms with Crippen molar-refractivity contribution in [3.63, 3.8) is 0 Å². The van der Waals surface area contributed by atoms with Crippen molar-refractivity contribution < 1.29 is 0 Å². The van der Waals surface area contributed by atoms with Crippen molar-refractivity contribution in [2.24, 2.45) is 0 Å². The van der Waals surface area contributed by atoms with Crippen molar-refractivity contribution in [3.8, 4) is 0 Å². The van der Waals surface area contributed by atoms with Gasteiger partial charge in [-0.2, -0.15) is 0 Å². The van der Waals surface area contributed by atoms with Crippen LogP contribution in [0.3, 0.4) is 0 Å². The highest BCUT2D eigenvalue weighted by atomic mass is 13.9. The van der Waals surface area contributed by atoms with Crippen LogP contribution in [0.5, 0.6) is 0 Å². The van der Waals surface area contributed by atoms with Gasteiger partial charge >= 0.3 is 0 Å². The first-order chi connectivity index (χ1) is 16.0. The van der Waals surface area contributed by atoms with Gasteiger partial charge in [0.2, 0.25) is 0 Å². The Bertz CT molecular complexity index is 1040. The van der Waals surface area contributed by atoms with Gasteiger partial charge in [0.25, 0.3) is 0 Å². The van der Waals surface area contributed by atoms with Gasteiger partial charge in [-0.1, -0.05) is 158 Å². The maximum atomic E-state index is 3.69. The van der Waals surface area contributed by atoms with Gasteiger partial charge in [0.15, 0.2) is 0 Å². The molecule has 0 aliphatic rings. The van der Waals surface area contributed by atoms with E-state index in [1.54, 1.807) is 0 Å². The number of hydrogen-bond donors (Lipinski definition) is 0. The third-order valence-corrected chi connectivity index (χ3v) is 4.67. The summed E-state index contributed by atoms with van der Waals surface area (Å²) in [7, 11) is 0. The van der Waals surface area contributed by atoms with Gasteiger partial charge in [0.1, 0.15) is 0 Å². The average Bonchev–Trinajstić information content (AvgIpc) is 2.87. The van der Waals surface area contributed by atoms with E-state index >= 15 is 0 Å². The lowest BCUT2D eigenvalue weighted by molar-refractivity contribution is 1.45. The van der Waals surface area contributed by atoms with Crippen LogP contribution in [0.15, 0.2) is 129 Å². The van der Waals surface area contributed by atoms with Gasteiger partial charge in [-0.25, -0.2) is 0 Å². The monoisotopic (exact) mass is 432 g/mol. The van der Waals surface area contributed by atoms with Crippen LogP contribution in [0, 0.1) is 20.8 Å². The number of hydrogen-bond acceptors (Lipinski definition) is 0. The van der Waals surface area contributed by atoms with E-state index in [1.165, 1.54) is 33.4 Å². The molecule has 0 amide bonds. The maximum absolute atomic E-state index is 3.69. The summed E-state index contributed by atoms with van der Waals surface area (Å²) in [5, 5.41) is 0. The summed E-state index contributed by atoms with van der Waals surface area (Å²) in [6.45, 7) is 17.3. The zero-order valence-electron chi connectivity index (χ0n) is 20.2. The van der Waals surface area contributed by atoms with E-state index in [0.717, 1.165) is 0 Å². The molecule has 4 aromatic rings. The minimum absolute atomic E-state index is 1.18.